The Morgan fingerprint density at radius 3 is 2.57 bits per heavy atom. The van der Waals surface area contributed by atoms with Gasteiger partial charge in [0, 0.05) is 24.4 Å². The first-order chi connectivity index (χ1) is 10.2. The number of anilines is 1. The summed E-state index contributed by atoms with van der Waals surface area (Å²) in [6, 6.07) is 14.3. The molecule has 0 radical (unpaired) electrons. The molecule has 0 saturated heterocycles. The third-order valence-electron chi connectivity index (χ3n) is 3.76. The highest BCUT2D eigenvalue weighted by Crippen LogP contribution is 2.27. The molecule has 2 aromatic carbocycles. The van der Waals surface area contributed by atoms with Crippen LogP contribution in [0.4, 0.5) is 5.69 Å². The van der Waals surface area contributed by atoms with Crippen molar-refractivity contribution in [3.8, 4) is 0 Å². The van der Waals surface area contributed by atoms with E-state index < -0.39 is 0 Å². The fourth-order valence-corrected chi connectivity index (χ4v) is 2.60. The first-order valence-corrected chi connectivity index (χ1v) is 7.68. The highest BCUT2D eigenvalue weighted by atomic mass is 16.2. The lowest BCUT2D eigenvalue weighted by molar-refractivity contribution is -0.121. The highest BCUT2D eigenvalue weighted by Gasteiger charge is 2.21. The molecule has 0 saturated carbocycles. The van der Waals surface area contributed by atoms with Crippen LogP contribution in [-0.2, 0) is 4.79 Å². The van der Waals surface area contributed by atoms with Crippen LogP contribution in [-0.4, -0.2) is 25.5 Å². The van der Waals surface area contributed by atoms with Crippen molar-refractivity contribution in [2.24, 2.45) is 5.92 Å². The summed E-state index contributed by atoms with van der Waals surface area (Å²) in [5.74, 6) is 0.152. The summed E-state index contributed by atoms with van der Waals surface area (Å²) in [6.07, 6.45) is 0. The summed E-state index contributed by atoms with van der Waals surface area (Å²) >= 11 is 0. The molecule has 0 aromatic heterocycles. The zero-order valence-corrected chi connectivity index (χ0v) is 13.1. The van der Waals surface area contributed by atoms with E-state index in [4.69, 9.17) is 0 Å². The minimum absolute atomic E-state index is 0.0242. The average molecular weight is 284 g/mol. The topological polar surface area (TPSA) is 32.3 Å². The molecule has 3 nitrogen and oxygen atoms in total. The molecule has 0 aliphatic heterocycles. The van der Waals surface area contributed by atoms with Crippen LogP contribution in [0, 0.1) is 5.92 Å². The van der Waals surface area contributed by atoms with E-state index in [0.717, 1.165) is 24.2 Å². The summed E-state index contributed by atoms with van der Waals surface area (Å²) in [4.78, 5) is 14.6. The quantitative estimate of drug-likeness (QED) is 0.881. The second kappa shape index (κ2) is 7.23. The normalized spacial score (nSPS) is 12.3. The van der Waals surface area contributed by atoms with Crippen molar-refractivity contribution >= 4 is 22.4 Å². The Morgan fingerprint density at radius 1 is 1.14 bits per heavy atom. The average Bonchev–Trinajstić information content (AvgIpc) is 2.53. The number of hydrogen-bond acceptors (Lipinski definition) is 2. The van der Waals surface area contributed by atoms with Gasteiger partial charge in [-0.05, 0) is 24.9 Å². The Labute approximate surface area is 127 Å². The van der Waals surface area contributed by atoms with E-state index in [0.29, 0.717) is 6.54 Å². The van der Waals surface area contributed by atoms with Gasteiger partial charge in [-0.25, -0.2) is 0 Å². The standard InChI is InChI=1S/C18H24N2O/c1-4-19-13-14(3)18(21)20(5-2)17-12-8-10-15-9-6-7-11-16(15)17/h6-12,14,19H,4-5,13H2,1-3H3. The maximum Gasteiger partial charge on any atom is 0.231 e. The van der Waals surface area contributed by atoms with Crippen molar-refractivity contribution in [3.63, 3.8) is 0 Å². The van der Waals surface area contributed by atoms with Gasteiger partial charge in [-0.2, -0.15) is 0 Å². The highest BCUT2D eigenvalue weighted by molar-refractivity contribution is 6.04. The lowest BCUT2D eigenvalue weighted by Crippen LogP contribution is -2.39. The van der Waals surface area contributed by atoms with Gasteiger partial charge in [0.2, 0.25) is 5.91 Å². The maximum atomic E-state index is 12.7. The lowest BCUT2D eigenvalue weighted by atomic mass is 10.1. The van der Waals surface area contributed by atoms with Crippen molar-refractivity contribution in [2.75, 3.05) is 24.5 Å². The third-order valence-corrected chi connectivity index (χ3v) is 3.76. The molecular formula is C18H24N2O. The molecule has 0 heterocycles. The molecule has 0 aliphatic carbocycles. The molecule has 2 aromatic rings. The van der Waals surface area contributed by atoms with E-state index in [2.05, 4.69) is 30.4 Å². The number of rotatable bonds is 6. The molecule has 1 unspecified atom stereocenters. The monoisotopic (exact) mass is 284 g/mol. The number of nitrogens with zero attached hydrogens (tertiary/aromatic N) is 1. The lowest BCUT2D eigenvalue weighted by Gasteiger charge is -2.26. The fraction of sp³-hybridized carbons (Fsp3) is 0.389. The van der Waals surface area contributed by atoms with E-state index in [9.17, 15) is 4.79 Å². The Bertz CT molecular complexity index is 604. The van der Waals surface area contributed by atoms with Crippen LogP contribution in [0.3, 0.4) is 0 Å². The predicted molar refractivity (Wildman–Crippen MR) is 89.7 cm³/mol. The second-order valence-corrected chi connectivity index (χ2v) is 5.29. The molecule has 1 amide bonds. The Kier molecular flexibility index (Phi) is 5.34. The maximum absolute atomic E-state index is 12.7. The summed E-state index contributed by atoms with van der Waals surface area (Å²) < 4.78 is 0. The van der Waals surface area contributed by atoms with Gasteiger partial charge in [-0.3, -0.25) is 4.79 Å². The first-order valence-electron chi connectivity index (χ1n) is 7.68. The summed E-state index contributed by atoms with van der Waals surface area (Å²) in [5, 5.41) is 5.55. The molecule has 112 valence electrons. The Morgan fingerprint density at radius 2 is 1.86 bits per heavy atom. The van der Waals surface area contributed by atoms with E-state index in [1.54, 1.807) is 0 Å². The molecule has 21 heavy (non-hydrogen) atoms. The van der Waals surface area contributed by atoms with Gasteiger partial charge in [0.1, 0.15) is 0 Å². The van der Waals surface area contributed by atoms with Crippen molar-refractivity contribution in [1.29, 1.82) is 0 Å². The molecule has 0 aliphatic rings. The summed E-state index contributed by atoms with van der Waals surface area (Å²) in [5.41, 5.74) is 1.00. The minimum Gasteiger partial charge on any atom is -0.316 e. The predicted octanol–water partition coefficient (Wildman–Crippen LogP) is 3.44. The van der Waals surface area contributed by atoms with Crippen LogP contribution in [0.1, 0.15) is 20.8 Å². The van der Waals surface area contributed by atoms with Gasteiger partial charge in [0.05, 0.1) is 5.69 Å². The Balaban J connectivity index is 2.33. The van der Waals surface area contributed by atoms with E-state index in [1.165, 1.54) is 5.39 Å². The second-order valence-electron chi connectivity index (χ2n) is 5.29. The largest absolute Gasteiger partial charge is 0.316 e. The van der Waals surface area contributed by atoms with Crippen molar-refractivity contribution < 1.29 is 4.79 Å². The number of fused-ring (bicyclic) bond motifs is 1. The fourth-order valence-electron chi connectivity index (χ4n) is 2.60. The van der Waals surface area contributed by atoms with Gasteiger partial charge in [0.25, 0.3) is 0 Å². The van der Waals surface area contributed by atoms with Gasteiger partial charge in [-0.15, -0.1) is 0 Å². The van der Waals surface area contributed by atoms with Crippen molar-refractivity contribution in [3.05, 3.63) is 42.5 Å². The number of carbonyl (C=O) groups is 1. The van der Waals surface area contributed by atoms with Crippen LogP contribution in [0.25, 0.3) is 10.8 Å². The van der Waals surface area contributed by atoms with E-state index in [1.807, 2.05) is 43.0 Å². The van der Waals surface area contributed by atoms with Crippen molar-refractivity contribution in [1.82, 2.24) is 5.32 Å². The molecule has 3 heteroatoms. The molecule has 0 bridgehead atoms. The van der Waals surface area contributed by atoms with Gasteiger partial charge in [-0.1, -0.05) is 50.2 Å². The molecule has 0 fully saturated rings. The van der Waals surface area contributed by atoms with Crippen LogP contribution in [0.15, 0.2) is 42.5 Å². The van der Waals surface area contributed by atoms with Crippen LogP contribution < -0.4 is 10.2 Å². The van der Waals surface area contributed by atoms with Gasteiger partial charge < -0.3 is 10.2 Å². The number of carbonyl (C=O) groups excluding carboxylic acids is 1. The third kappa shape index (κ3) is 3.42. The smallest absolute Gasteiger partial charge is 0.231 e. The summed E-state index contributed by atoms with van der Waals surface area (Å²) in [7, 11) is 0. The van der Waals surface area contributed by atoms with E-state index >= 15 is 0 Å². The van der Waals surface area contributed by atoms with E-state index in [-0.39, 0.29) is 11.8 Å². The molecule has 0 spiro atoms. The molecule has 1 atom stereocenters. The van der Waals surface area contributed by atoms with Gasteiger partial charge in [0.15, 0.2) is 0 Å². The van der Waals surface area contributed by atoms with Crippen molar-refractivity contribution in [2.45, 2.75) is 20.8 Å². The zero-order chi connectivity index (χ0) is 15.2. The molecule has 2 rings (SSSR count). The van der Waals surface area contributed by atoms with Crippen LogP contribution >= 0.6 is 0 Å². The number of nitrogens with one attached hydrogen (secondary N) is 1. The first kappa shape index (κ1) is 15.5. The number of amides is 1. The SMILES string of the molecule is CCNCC(C)C(=O)N(CC)c1cccc2ccccc12. The molecular weight excluding hydrogens is 260 g/mol. The van der Waals surface area contributed by atoms with Crippen LogP contribution in [0.2, 0.25) is 0 Å². The number of hydrogen-bond donors (Lipinski definition) is 1. The van der Waals surface area contributed by atoms with Gasteiger partial charge >= 0.3 is 0 Å². The minimum atomic E-state index is -0.0242. The Hall–Kier alpha value is -1.87. The zero-order valence-electron chi connectivity index (χ0n) is 13.1. The van der Waals surface area contributed by atoms with Crippen LogP contribution in [0.5, 0.6) is 0 Å². The summed E-state index contributed by atoms with van der Waals surface area (Å²) in [6.45, 7) is 8.36. The molecule has 1 N–H and O–H groups in total. The number of benzene rings is 2.